The number of hydrogen-bond acceptors (Lipinski definition) is 3. The van der Waals surface area contributed by atoms with Crippen LogP contribution in [-0.4, -0.2) is 11.0 Å². The number of benzene rings is 2. The van der Waals surface area contributed by atoms with Gasteiger partial charge < -0.3 is 5.73 Å². The van der Waals surface area contributed by atoms with Crippen LogP contribution >= 0.6 is 12.4 Å². The molecule has 0 aliphatic heterocycles. The van der Waals surface area contributed by atoms with Crippen LogP contribution in [0.1, 0.15) is 17.5 Å². The van der Waals surface area contributed by atoms with Crippen LogP contribution in [0.4, 0.5) is 5.69 Å². The highest BCUT2D eigenvalue weighted by molar-refractivity contribution is 5.85. The van der Waals surface area contributed by atoms with Crippen molar-refractivity contribution < 1.29 is 4.92 Å². The summed E-state index contributed by atoms with van der Waals surface area (Å²) in [7, 11) is 0. The Labute approximate surface area is 136 Å². The van der Waals surface area contributed by atoms with Gasteiger partial charge >= 0.3 is 0 Å². The average molecular weight is 319 g/mol. The van der Waals surface area contributed by atoms with Crippen molar-refractivity contribution in [3.05, 3.63) is 81.9 Å². The zero-order valence-electron chi connectivity index (χ0n) is 12.1. The highest BCUT2D eigenvalue weighted by Gasteiger charge is 2.03. The van der Waals surface area contributed by atoms with Gasteiger partial charge in [0.25, 0.3) is 5.69 Å². The minimum atomic E-state index is -0.404. The second kappa shape index (κ2) is 8.97. The number of nitrogens with two attached hydrogens (primary N) is 1. The van der Waals surface area contributed by atoms with E-state index in [1.807, 2.05) is 30.4 Å². The van der Waals surface area contributed by atoms with Crippen LogP contribution in [-0.2, 0) is 6.42 Å². The number of rotatable bonds is 6. The fraction of sp³-hybridized carbons (Fsp3) is 0.176. The van der Waals surface area contributed by atoms with Gasteiger partial charge in [0.1, 0.15) is 0 Å². The van der Waals surface area contributed by atoms with Gasteiger partial charge in [-0.15, -0.1) is 12.4 Å². The summed E-state index contributed by atoms with van der Waals surface area (Å²) in [6.07, 6.45) is 5.64. The number of hydrogen-bond donors (Lipinski definition) is 1. The lowest BCUT2D eigenvalue weighted by molar-refractivity contribution is -0.384. The fourth-order valence-electron chi connectivity index (χ4n) is 2.02. The van der Waals surface area contributed by atoms with Crippen LogP contribution in [0.15, 0.2) is 60.7 Å². The molecule has 2 aromatic rings. The third-order valence-corrected chi connectivity index (χ3v) is 3.25. The molecule has 0 spiro atoms. The van der Waals surface area contributed by atoms with Gasteiger partial charge in [0.15, 0.2) is 0 Å². The molecule has 1 atom stereocenters. The molecule has 0 aromatic heterocycles. The second-order valence-electron chi connectivity index (χ2n) is 4.90. The first-order chi connectivity index (χ1) is 10.1. The SMILES string of the molecule is Cl.N[C@H](/C=C/c1ccc([N+](=O)[O-])cc1)CCc1ccccc1. The number of halogens is 1. The number of nitro benzene ring substituents is 1. The fourth-order valence-corrected chi connectivity index (χ4v) is 2.02. The van der Waals surface area contributed by atoms with E-state index in [1.165, 1.54) is 17.7 Å². The summed E-state index contributed by atoms with van der Waals surface area (Å²) in [6, 6.07) is 16.6. The van der Waals surface area contributed by atoms with Crippen LogP contribution in [0.25, 0.3) is 6.08 Å². The molecule has 116 valence electrons. The van der Waals surface area contributed by atoms with E-state index in [9.17, 15) is 10.1 Å². The minimum absolute atomic E-state index is 0. The van der Waals surface area contributed by atoms with Crippen molar-refractivity contribution in [2.24, 2.45) is 5.73 Å². The Morgan fingerprint density at radius 2 is 1.73 bits per heavy atom. The van der Waals surface area contributed by atoms with Gasteiger partial charge in [-0.25, -0.2) is 0 Å². The summed E-state index contributed by atoms with van der Waals surface area (Å²) in [4.78, 5) is 10.2. The maximum atomic E-state index is 10.6. The van der Waals surface area contributed by atoms with Gasteiger partial charge in [0.05, 0.1) is 4.92 Å². The standard InChI is InChI=1S/C17H18N2O2.ClH/c18-16(10-6-14-4-2-1-3-5-14)11-7-15-8-12-17(13-9-15)19(20)21;/h1-5,7-9,11-13,16H,6,10,18H2;1H/b11-7+;/t16-;/m0./s1. The van der Waals surface area contributed by atoms with Crippen LogP contribution in [0.3, 0.4) is 0 Å². The van der Waals surface area contributed by atoms with Crippen molar-refractivity contribution >= 4 is 24.2 Å². The summed E-state index contributed by atoms with van der Waals surface area (Å²) in [6.45, 7) is 0. The smallest absolute Gasteiger partial charge is 0.269 e. The monoisotopic (exact) mass is 318 g/mol. The minimum Gasteiger partial charge on any atom is -0.324 e. The Kier molecular flexibility index (Phi) is 7.29. The predicted octanol–water partition coefficient (Wildman–Crippen LogP) is 3.99. The third kappa shape index (κ3) is 5.68. The number of nitro groups is 1. The molecule has 4 nitrogen and oxygen atoms in total. The summed E-state index contributed by atoms with van der Waals surface area (Å²) >= 11 is 0. The van der Waals surface area contributed by atoms with Crippen LogP contribution in [0.5, 0.6) is 0 Å². The molecule has 0 bridgehead atoms. The largest absolute Gasteiger partial charge is 0.324 e. The molecule has 0 radical (unpaired) electrons. The molecule has 0 unspecified atom stereocenters. The van der Waals surface area contributed by atoms with Crippen molar-refractivity contribution in [3.63, 3.8) is 0 Å². The molecule has 0 saturated carbocycles. The Bertz CT molecular complexity index is 612. The highest BCUT2D eigenvalue weighted by atomic mass is 35.5. The molecule has 0 aliphatic rings. The predicted molar refractivity (Wildman–Crippen MR) is 92.1 cm³/mol. The van der Waals surface area contributed by atoms with E-state index in [0.717, 1.165) is 18.4 Å². The van der Waals surface area contributed by atoms with Gasteiger partial charge in [-0.2, -0.15) is 0 Å². The normalized spacial score (nSPS) is 11.9. The first kappa shape index (κ1) is 17.9. The van der Waals surface area contributed by atoms with E-state index in [-0.39, 0.29) is 24.1 Å². The van der Waals surface area contributed by atoms with Crippen LogP contribution < -0.4 is 5.73 Å². The van der Waals surface area contributed by atoms with E-state index in [4.69, 9.17) is 5.73 Å². The maximum absolute atomic E-state index is 10.6. The Balaban J connectivity index is 0.00000242. The molecule has 2 aromatic carbocycles. The summed E-state index contributed by atoms with van der Waals surface area (Å²) in [5.41, 5.74) is 8.34. The van der Waals surface area contributed by atoms with E-state index in [1.54, 1.807) is 12.1 Å². The van der Waals surface area contributed by atoms with Crippen molar-refractivity contribution in [3.8, 4) is 0 Å². The molecule has 22 heavy (non-hydrogen) atoms. The molecule has 0 heterocycles. The molecular weight excluding hydrogens is 300 g/mol. The van der Waals surface area contributed by atoms with Gasteiger partial charge in [-0.1, -0.05) is 42.5 Å². The quantitative estimate of drug-likeness (QED) is 0.646. The zero-order chi connectivity index (χ0) is 15.1. The molecule has 0 fully saturated rings. The van der Waals surface area contributed by atoms with Crippen molar-refractivity contribution in [2.75, 3.05) is 0 Å². The van der Waals surface area contributed by atoms with Gasteiger partial charge in [0, 0.05) is 18.2 Å². The average Bonchev–Trinajstić information content (AvgIpc) is 2.52. The zero-order valence-corrected chi connectivity index (χ0v) is 12.9. The van der Waals surface area contributed by atoms with Crippen LogP contribution in [0.2, 0.25) is 0 Å². The van der Waals surface area contributed by atoms with Gasteiger partial charge in [-0.05, 0) is 36.1 Å². The molecule has 2 N–H and O–H groups in total. The number of nitrogens with zero attached hydrogens (tertiary/aromatic N) is 1. The van der Waals surface area contributed by atoms with Crippen molar-refractivity contribution in [1.29, 1.82) is 0 Å². The maximum Gasteiger partial charge on any atom is 0.269 e. The molecule has 0 amide bonds. The molecule has 2 rings (SSSR count). The topological polar surface area (TPSA) is 69.2 Å². The Morgan fingerprint density at radius 3 is 2.32 bits per heavy atom. The van der Waals surface area contributed by atoms with Crippen molar-refractivity contribution in [1.82, 2.24) is 0 Å². The molecular formula is C17H19ClN2O2. The van der Waals surface area contributed by atoms with Crippen molar-refractivity contribution in [2.45, 2.75) is 18.9 Å². The van der Waals surface area contributed by atoms with E-state index >= 15 is 0 Å². The Hall–Kier alpha value is -2.17. The number of aryl methyl sites for hydroxylation is 1. The summed E-state index contributed by atoms with van der Waals surface area (Å²) in [5.74, 6) is 0. The van der Waals surface area contributed by atoms with Crippen LogP contribution in [0, 0.1) is 10.1 Å². The molecule has 0 saturated heterocycles. The van der Waals surface area contributed by atoms with E-state index in [0.29, 0.717) is 0 Å². The number of non-ortho nitro benzene ring substituents is 1. The summed E-state index contributed by atoms with van der Waals surface area (Å²) < 4.78 is 0. The first-order valence-electron chi connectivity index (χ1n) is 6.87. The molecule has 0 aliphatic carbocycles. The highest BCUT2D eigenvalue weighted by Crippen LogP contribution is 2.13. The molecule has 5 heteroatoms. The third-order valence-electron chi connectivity index (χ3n) is 3.25. The first-order valence-corrected chi connectivity index (χ1v) is 6.87. The second-order valence-corrected chi connectivity index (χ2v) is 4.90. The lowest BCUT2D eigenvalue weighted by Gasteiger charge is -2.06. The lowest BCUT2D eigenvalue weighted by atomic mass is 10.0. The van der Waals surface area contributed by atoms with E-state index in [2.05, 4.69) is 12.1 Å². The summed E-state index contributed by atoms with van der Waals surface area (Å²) in [5, 5.41) is 10.6. The lowest BCUT2D eigenvalue weighted by Crippen LogP contribution is -2.17. The van der Waals surface area contributed by atoms with Gasteiger partial charge in [0.2, 0.25) is 0 Å². The van der Waals surface area contributed by atoms with E-state index < -0.39 is 4.92 Å². The van der Waals surface area contributed by atoms with Gasteiger partial charge in [-0.3, -0.25) is 10.1 Å². The Morgan fingerprint density at radius 1 is 1.09 bits per heavy atom.